The highest BCUT2D eigenvalue weighted by molar-refractivity contribution is 5.75. The Kier molecular flexibility index (Phi) is 3.14. The van der Waals surface area contributed by atoms with Gasteiger partial charge in [0.15, 0.2) is 0 Å². The van der Waals surface area contributed by atoms with E-state index in [1.165, 1.54) is 7.11 Å². The third-order valence-electron chi connectivity index (χ3n) is 1.70. The Labute approximate surface area is 76.0 Å². The average molecular weight is 178 g/mol. The first kappa shape index (κ1) is 9.38. The number of benzene rings is 1. The standard InChI is InChI=1S/C9H10N2O2/c1-13-9(12)8(11-10)7-5-3-2-4-6-7/h2-6,8,11H,1H3. The fourth-order valence-electron chi connectivity index (χ4n) is 1.03. The van der Waals surface area contributed by atoms with E-state index in [1.807, 2.05) is 11.2 Å². The summed E-state index contributed by atoms with van der Waals surface area (Å²) in [6.45, 7) is 0. The molecule has 68 valence electrons. The van der Waals surface area contributed by atoms with Crippen LogP contribution in [0.1, 0.15) is 11.6 Å². The lowest BCUT2D eigenvalue weighted by molar-refractivity contribution is -0.519. The Balaban J connectivity index is 2.91. The molecule has 1 aromatic carbocycles. The summed E-state index contributed by atoms with van der Waals surface area (Å²) in [6.07, 6.45) is 0. The Morgan fingerprint density at radius 3 is 2.54 bits per heavy atom. The first-order valence-electron chi connectivity index (χ1n) is 3.82. The molecule has 1 atom stereocenters. The first-order valence-corrected chi connectivity index (χ1v) is 3.82. The highest BCUT2D eigenvalue weighted by atomic mass is 16.5. The first-order chi connectivity index (χ1) is 6.29. The van der Waals surface area contributed by atoms with Crippen LogP contribution in [-0.2, 0) is 9.53 Å². The molecule has 0 amide bonds. The quantitative estimate of drug-likeness (QED) is 0.523. The van der Waals surface area contributed by atoms with Gasteiger partial charge < -0.3 is 15.4 Å². The van der Waals surface area contributed by atoms with Crippen LogP contribution in [0.25, 0.3) is 5.53 Å². The number of rotatable bonds is 3. The summed E-state index contributed by atoms with van der Waals surface area (Å²) in [6, 6.07) is 8.03. The molecule has 0 fully saturated rings. The maximum atomic E-state index is 11.1. The van der Waals surface area contributed by atoms with Crippen molar-refractivity contribution in [3.63, 3.8) is 0 Å². The second kappa shape index (κ2) is 4.35. The van der Waals surface area contributed by atoms with Crippen LogP contribution < -0.4 is 5.11 Å². The minimum Gasteiger partial charge on any atom is -0.508 e. The van der Waals surface area contributed by atoms with Crippen molar-refractivity contribution in [2.75, 3.05) is 7.11 Å². The van der Waals surface area contributed by atoms with E-state index in [4.69, 9.17) is 5.53 Å². The monoisotopic (exact) mass is 178 g/mol. The molecule has 0 saturated heterocycles. The minimum atomic E-state index is -0.814. The van der Waals surface area contributed by atoms with Crippen LogP contribution in [0.15, 0.2) is 30.3 Å². The molecule has 0 aliphatic rings. The Morgan fingerprint density at radius 1 is 1.46 bits per heavy atom. The van der Waals surface area contributed by atoms with Crippen LogP contribution in [0.3, 0.4) is 0 Å². The molecule has 1 rings (SSSR count). The highest BCUT2D eigenvalue weighted by Crippen LogP contribution is 2.08. The maximum absolute atomic E-state index is 11.1. The van der Waals surface area contributed by atoms with Crippen LogP contribution in [0, 0.1) is 0 Å². The van der Waals surface area contributed by atoms with Crippen molar-refractivity contribution >= 4 is 5.97 Å². The number of esters is 1. The van der Waals surface area contributed by atoms with E-state index in [1.54, 1.807) is 24.3 Å². The largest absolute Gasteiger partial charge is 0.508 e. The minimum absolute atomic E-state index is 0.520. The molecule has 0 heterocycles. The van der Waals surface area contributed by atoms with Gasteiger partial charge in [-0.15, -0.1) is 0 Å². The molecule has 1 aromatic rings. The van der Waals surface area contributed by atoms with E-state index >= 15 is 0 Å². The Bertz CT molecular complexity index is 298. The number of nitrogens with zero attached hydrogens (tertiary/aromatic N) is 1. The lowest BCUT2D eigenvalue weighted by Gasteiger charge is -2.06. The maximum Gasteiger partial charge on any atom is 0.379 e. The molecular formula is C9H10N2O2. The Hall–Kier alpha value is -1.71. The van der Waals surface area contributed by atoms with Gasteiger partial charge >= 0.3 is 5.97 Å². The molecule has 0 aliphatic heterocycles. The summed E-state index contributed by atoms with van der Waals surface area (Å²) in [5.74, 6) is -0.520. The number of hydrogen-bond donors (Lipinski definition) is 1. The molecule has 0 saturated carbocycles. The van der Waals surface area contributed by atoms with Crippen LogP contribution in [0.2, 0.25) is 0 Å². The molecule has 1 N–H and O–H groups in total. The molecule has 13 heavy (non-hydrogen) atoms. The van der Waals surface area contributed by atoms with Crippen LogP contribution in [0.5, 0.6) is 0 Å². The summed E-state index contributed by atoms with van der Waals surface area (Å²) in [7, 11) is 1.27. The second-order valence-electron chi connectivity index (χ2n) is 2.50. The van der Waals surface area contributed by atoms with Gasteiger partial charge in [0, 0.05) is 5.56 Å². The zero-order chi connectivity index (χ0) is 9.68. The van der Waals surface area contributed by atoms with Crippen LogP contribution in [0.4, 0.5) is 0 Å². The molecule has 4 nitrogen and oxygen atoms in total. The van der Waals surface area contributed by atoms with Crippen molar-refractivity contribution in [2.24, 2.45) is 0 Å². The molecule has 0 aromatic heterocycles. The predicted molar refractivity (Wildman–Crippen MR) is 45.5 cm³/mol. The van der Waals surface area contributed by atoms with Crippen molar-refractivity contribution in [1.82, 2.24) is 0 Å². The number of carbonyl (C=O) groups excluding carboxylic acids is 1. The summed E-state index contributed by atoms with van der Waals surface area (Å²) < 4.78 is 4.50. The lowest BCUT2D eigenvalue weighted by Crippen LogP contribution is -2.68. The molecular weight excluding hydrogens is 168 g/mol. The van der Waals surface area contributed by atoms with Crippen molar-refractivity contribution in [3.8, 4) is 0 Å². The van der Waals surface area contributed by atoms with Gasteiger partial charge in [0.1, 0.15) is 0 Å². The Morgan fingerprint density at radius 2 is 2.08 bits per heavy atom. The van der Waals surface area contributed by atoms with E-state index in [9.17, 15) is 4.79 Å². The van der Waals surface area contributed by atoms with Gasteiger partial charge in [0.05, 0.1) is 7.11 Å². The number of nitrogens with one attached hydrogen (secondary N) is 1. The van der Waals surface area contributed by atoms with Gasteiger partial charge in [-0.3, -0.25) is 0 Å². The number of carbonyl (C=O) groups is 1. The lowest BCUT2D eigenvalue weighted by atomic mass is 10.1. The third-order valence-corrected chi connectivity index (χ3v) is 1.70. The SMILES string of the molecule is COC(=O)C([NH+]=[N-])c1ccccc1. The fourth-order valence-corrected chi connectivity index (χ4v) is 1.03. The summed E-state index contributed by atoms with van der Waals surface area (Å²) in [4.78, 5) is 11.1. The summed E-state index contributed by atoms with van der Waals surface area (Å²) >= 11 is 0. The topological polar surface area (TPSA) is 62.6 Å². The van der Waals surface area contributed by atoms with Crippen LogP contribution in [-0.4, -0.2) is 13.1 Å². The second-order valence-corrected chi connectivity index (χ2v) is 2.50. The van der Waals surface area contributed by atoms with Gasteiger partial charge in [-0.2, -0.15) is 0 Å². The van der Waals surface area contributed by atoms with Gasteiger partial charge in [-0.05, 0) is 0 Å². The zero-order valence-corrected chi connectivity index (χ0v) is 7.23. The van der Waals surface area contributed by atoms with Gasteiger partial charge in [-0.25, -0.2) is 4.79 Å². The molecule has 0 spiro atoms. The van der Waals surface area contributed by atoms with Gasteiger partial charge in [0.25, 0.3) is 6.04 Å². The van der Waals surface area contributed by atoms with E-state index in [2.05, 4.69) is 4.74 Å². The molecule has 0 bridgehead atoms. The summed E-state index contributed by atoms with van der Waals surface area (Å²) in [5, 5.41) is 1.89. The van der Waals surface area contributed by atoms with E-state index in [-0.39, 0.29) is 0 Å². The van der Waals surface area contributed by atoms with Crippen LogP contribution >= 0.6 is 0 Å². The van der Waals surface area contributed by atoms with Crippen molar-refractivity contribution < 1.29 is 14.6 Å². The smallest absolute Gasteiger partial charge is 0.379 e. The zero-order valence-electron chi connectivity index (χ0n) is 7.23. The molecule has 0 aliphatic carbocycles. The number of hydrogen-bond acceptors (Lipinski definition) is 2. The van der Waals surface area contributed by atoms with Gasteiger partial charge in [-0.1, -0.05) is 30.3 Å². The van der Waals surface area contributed by atoms with Crippen molar-refractivity contribution in [1.29, 1.82) is 0 Å². The number of methoxy groups -OCH3 is 1. The van der Waals surface area contributed by atoms with E-state index in [0.29, 0.717) is 5.56 Å². The van der Waals surface area contributed by atoms with Crippen molar-refractivity contribution in [3.05, 3.63) is 41.4 Å². The van der Waals surface area contributed by atoms with Gasteiger partial charge in [0.2, 0.25) is 0 Å². The predicted octanol–water partition coefficient (Wildman–Crippen LogP) is 0.00290. The normalized spacial score (nSPS) is 11.8. The molecule has 0 radical (unpaired) electrons. The number of ether oxygens (including phenoxy) is 1. The average Bonchev–Trinajstić information content (AvgIpc) is 2.20. The fraction of sp³-hybridized carbons (Fsp3) is 0.222. The molecule has 1 unspecified atom stereocenters. The van der Waals surface area contributed by atoms with E-state index in [0.717, 1.165) is 0 Å². The molecule has 4 heteroatoms. The summed E-state index contributed by atoms with van der Waals surface area (Å²) in [5.41, 5.74) is 9.39. The third kappa shape index (κ3) is 2.11. The van der Waals surface area contributed by atoms with E-state index < -0.39 is 12.0 Å². The highest BCUT2D eigenvalue weighted by Gasteiger charge is 2.22. The van der Waals surface area contributed by atoms with Crippen molar-refractivity contribution in [2.45, 2.75) is 6.04 Å².